The van der Waals surface area contributed by atoms with Gasteiger partial charge in [-0.05, 0) is 0 Å². The van der Waals surface area contributed by atoms with Gasteiger partial charge >= 0.3 is 6.18 Å². The molecule has 0 aromatic carbocycles. The molecule has 0 unspecified atom stereocenters. The van der Waals surface area contributed by atoms with Gasteiger partial charge in [0.25, 0.3) is 0 Å². The maximum absolute atomic E-state index is 12.2. The Kier molecular flexibility index (Phi) is 4.72. The molecule has 0 radical (unpaired) electrons. The summed E-state index contributed by atoms with van der Waals surface area (Å²) in [5, 5.41) is 11.4. The van der Waals surface area contributed by atoms with E-state index in [2.05, 4.69) is 20.4 Å². The van der Waals surface area contributed by atoms with Gasteiger partial charge < -0.3 is 22.9 Å². The Morgan fingerprint density at radius 2 is 1.38 bits per heavy atom. The Balaban J connectivity index is 4.99. The SMILES string of the molecule is NC(N)=N/N=C\C(=N/N=C(N)N)C(F)(F)F. The largest absolute Gasteiger partial charge is 0.436 e. The molecule has 0 aromatic heterocycles. The molecule has 0 rings (SSSR count). The molecular weight excluding hydrogens is 229 g/mol. The summed E-state index contributed by atoms with van der Waals surface area (Å²) in [5.74, 6) is -1.13. The van der Waals surface area contributed by atoms with Crippen molar-refractivity contribution < 1.29 is 13.2 Å². The zero-order valence-electron chi connectivity index (χ0n) is 7.81. The molecular formula is C5H9F3N8. The normalized spacial score (nSPS) is 12.6. The first-order chi connectivity index (χ1) is 7.23. The molecule has 16 heavy (non-hydrogen) atoms. The molecule has 90 valence electrons. The summed E-state index contributed by atoms with van der Waals surface area (Å²) < 4.78 is 36.6. The van der Waals surface area contributed by atoms with Crippen LogP contribution in [0.3, 0.4) is 0 Å². The zero-order chi connectivity index (χ0) is 12.8. The Labute approximate surface area is 87.6 Å². The molecule has 0 aliphatic heterocycles. The van der Waals surface area contributed by atoms with Crippen LogP contribution >= 0.6 is 0 Å². The van der Waals surface area contributed by atoms with Crippen LogP contribution in [0.4, 0.5) is 13.2 Å². The third kappa shape index (κ3) is 6.17. The second kappa shape index (κ2) is 5.53. The number of guanidine groups is 2. The van der Waals surface area contributed by atoms with Gasteiger partial charge in [-0.15, -0.1) is 15.3 Å². The molecule has 0 heterocycles. The maximum Gasteiger partial charge on any atom is 0.436 e. The van der Waals surface area contributed by atoms with E-state index in [-0.39, 0.29) is 6.21 Å². The molecule has 0 aliphatic rings. The molecule has 0 bridgehead atoms. The van der Waals surface area contributed by atoms with Crippen LogP contribution in [0.25, 0.3) is 0 Å². The minimum atomic E-state index is -4.78. The van der Waals surface area contributed by atoms with Crippen LogP contribution in [0, 0.1) is 0 Å². The highest BCUT2D eigenvalue weighted by Crippen LogP contribution is 2.16. The first-order valence-corrected chi connectivity index (χ1v) is 3.59. The van der Waals surface area contributed by atoms with Crippen LogP contribution in [0.15, 0.2) is 20.4 Å². The Morgan fingerprint density at radius 3 is 1.75 bits per heavy atom. The Bertz CT molecular complexity index is 343. The first kappa shape index (κ1) is 13.7. The fourth-order valence-corrected chi connectivity index (χ4v) is 0.418. The molecule has 8 nitrogen and oxygen atoms in total. The fraction of sp³-hybridized carbons (Fsp3) is 0.200. The van der Waals surface area contributed by atoms with Crippen LogP contribution in [0.1, 0.15) is 0 Å². The van der Waals surface area contributed by atoms with E-state index in [1.807, 2.05) is 0 Å². The number of hydrogen-bond donors (Lipinski definition) is 4. The van der Waals surface area contributed by atoms with E-state index in [0.717, 1.165) is 0 Å². The van der Waals surface area contributed by atoms with E-state index in [9.17, 15) is 13.2 Å². The van der Waals surface area contributed by atoms with Gasteiger partial charge in [-0.2, -0.15) is 18.3 Å². The number of hydrogen-bond acceptors (Lipinski definition) is 4. The van der Waals surface area contributed by atoms with Crippen molar-refractivity contribution in [2.75, 3.05) is 0 Å². The molecule has 11 heteroatoms. The Hall–Kier alpha value is -2.33. The monoisotopic (exact) mass is 238 g/mol. The molecule has 0 spiro atoms. The minimum absolute atomic E-state index is 0.270. The average molecular weight is 238 g/mol. The average Bonchev–Trinajstić information content (AvgIpc) is 2.07. The molecule has 0 saturated carbocycles. The van der Waals surface area contributed by atoms with E-state index >= 15 is 0 Å². The minimum Gasteiger partial charge on any atom is -0.369 e. The predicted octanol–water partition coefficient (Wildman–Crippen LogP) is -1.56. The van der Waals surface area contributed by atoms with Crippen molar-refractivity contribution in [3.8, 4) is 0 Å². The number of rotatable bonds is 3. The molecule has 0 fully saturated rings. The lowest BCUT2D eigenvalue weighted by Gasteiger charge is -2.02. The summed E-state index contributed by atoms with van der Waals surface area (Å²) in [7, 11) is 0. The van der Waals surface area contributed by atoms with Crippen LogP contribution in [0.5, 0.6) is 0 Å². The predicted molar refractivity (Wildman–Crippen MR) is 53.6 cm³/mol. The molecule has 0 saturated heterocycles. The topological polar surface area (TPSA) is 154 Å². The van der Waals surface area contributed by atoms with Gasteiger partial charge in [0.1, 0.15) is 0 Å². The van der Waals surface area contributed by atoms with Crippen LogP contribution in [-0.2, 0) is 0 Å². The number of nitrogens with two attached hydrogens (primary N) is 4. The van der Waals surface area contributed by atoms with Crippen LogP contribution in [0.2, 0.25) is 0 Å². The molecule has 0 aromatic rings. The van der Waals surface area contributed by atoms with Gasteiger partial charge in [-0.3, -0.25) is 0 Å². The van der Waals surface area contributed by atoms with Crippen LogP contribution in [-0.4, -0.2) is 30.0 Å². The summed E-state index contributed by atoms with van der Waals surface area (Å²) in [6, 6.07) is 0. The highest BCUT2D eigenvalue weighted by molar-refractivity contribution is 6.33. The summed E-state index contributed by atoms with van der Waals surface area (Å²) in [5.41, 5.74) is 17.8. The van der Waals surface area contributed by atoms with Crippen molar-refractivity contribution in [3.05, 3.63) is 0 Å². The number of halogens is 3. The van der Waals surface area contributed by atoms with E-state index in [1.165, 1.54) is 0 Å². The van der Waals surface area contributed by atoms with Gasteiger partial charge in [0.05, 0.1) is 6.21 Å². The van der Waals surface area contributed by atoms with Gasteiger partial charge in [-0.1, -0.05) is 0 Å². The summed E-state index contributed by atoms with van der Waals surface area (Å²) in [4.78, 5) is 0. The van der Waals surface area contributed by atoms with Crippen molar-refractivity contribution in [2.45, 2.75) is 6.18 Å². The van der Waals surface area contributed by atoms with Gasteiger partial charge in [0.15, 0.2) is 5.71 Å². The summed E-state index contributed by atoms with van der Waals surface area (Å²) >= 11 is 0. The lowest BCUT2D eigenvalue weighted by molar-refractivity contribution is -0.0566. The molecule has 0 aliphatic carbocycles. The van der Waals surface area contributed by atoms with Gasteiger partial charge in [0.2, 0.25) is 11.9 Å². The van der Waals surface area contributed by atoms with E-state index in [0.29, 0.717) is 0 Å². The van der Waals surface area contributed by atoms with Crippen LogP contribution < -0.4 is 22.9 Å². The van der Waals surface area contributed by atoms with Crippen molar-refractivity contribution in [3.63, 3.8) is 0 Å². The van der Waals surface area contributed by atoms with E-state index < -0.39 is 23.8 Å². The highest BCUT2D eigenvalue weighted by Gasteiger charge is 2.35. The van der Waals surface area contributed by atoms with Crippen molar-refractivity contribution in [1.29, 1.82) is 0 Å². The second-order valence-corrected chi connectivity index (χ2v) is 2.28. The number of alkyl halides is 3. The van der Waals surface area contributed by atoms with Gasteiger partial charge in [0, 0.05) is 0 Å². The summed E-state index contributed by atoms with van der Waals surface area (Å²) in [6.07, 6.45) is -4.51. The quantitative estimate of drug-likeness (QED) is 0.266. The summed E-state index contributed by atoms with van der Waals surface area (Å²) in [6.45, 7) is 0. The highest BCUT2D eigenvalue weighted by atomic mass is 19.4. The van der Waals surface area contributed by atoms with E-state index in [4.69, 9.17) is 22.9 Å². The maximum atomic E-state index is 12.2. The molecule has 8 N–H and O–H groups in total. The molecule has 0 amide bonds. The van der Waals surface area contributed by atoms with Crippen molar-refractivity contribution in [1.82, 2.24) is 0 Å². The van der Waals surface area contributed by atoms with Crippen molar-refractivity contribution in [2.24, 2.45) is 43.3 Å². The Morgan fingerprint density at radius 1 is 0.875 bits per heavy atom. The lowest BCUT2D eigenvalue weighted by atomic mass is 10.4. The second-order valence-electron chi connectivity index (χ2n) is 2.28. The van der Waals surface area contributed by atoms with Crippen molar-refractivity contribution >= 4 is 23.8 Å². The van der Waals surface area contributed by atoms with E-state index in [1.54, 1.807) is 0 Å². The first-order valence-electron chi connectivity index (χ1n) is 3.59. The molecule has 0 atom stereocenters. The third-order valence-electron chi connectivity index (χ3n) is 0.917. The van der Waals surface area contributed by atoms with Gasteiger partial charge in [-0.25, -0.2) is 0 Å². The zero-order valence-corrected chi connectivity index (χ0v) is 7.81. The smallest absolute Gasteiger partial charge is 0.369 e. The third-order valence-corrected chi connectivity index (χ3v) is 0.917. The number of nitrogens with zero attached hydrogens (tertiary/aromatic N) is 4. The fourth-order valence-electron chi connectivity index (χ4n) is 0.418. The lowest BCUT2D eigenvalue weighted by Crippen LogP contribution is -2.26. The standard InChI is InChI=1S/C5H9F3N8/c6-5(7,8)2(14-16-4(11)12)1-13-15-3(9)10/h1H,(H4,9,10,15)(H4,11,12,16)/b13-1-,14-2+.